The quantitative estimate of drug-likeness (QED) is 0.650. The van der Waals surface area contributed by atoms with E-state index in [-0.39, 0.29) is 11.2 Å². The summed E-state index contributed by atoms with van der Waals surface area (Å²) in [5.74, 6) is -0.0208. The molecule has 3 heteroatoms. The summed E-state index contributed by atoms with van der Waals surface area (Å²) in [6.45, 7) is 3.71. The zero-order chi connectivity index (χ0) is 9.07. The van der Waals surface area contributed by atoms with Crippen molar-refractivity contribution in [1.29, 1.82) is 5.26 Å². The maximum Gasteiger partial charge on any atom is 0.0653 e. The molecule has 0 heterocycles. The molecule has 0 aliphatic rings. The molecule has 2 atom stereocenters. The molecule has 0 rings (SSSR count). The van der Waals surface area contributed by atoms with Gasteiger partial charge in [0.1, 0.15) is 0 Å². The zero-order valence-corrected chi connectivity index (χ0v) is 8.41. The fraction of sp³-hybridized carbons (Fsp3) is 0.875. The number of nitriles is 1. The van der Waals surface area contributed by atoms with Crippen molar-refractivity contribution >= 4 is 10.4 Å². The van der Waals surface area contributed by atoms with Crippen LogP contribution in [0.1, 0.15) is 20.3 Å². The highest BCUT2D eigenvalue weighted by atomic mass is 32.3. The molecule has 0 saturated carbocycles. The van der Waals surface area contributed by atoms with Gasteiger partial charge < -0.3 is 0 Å². The lowest BCUT2D eigenvalue weighted by Gasteiger charge is -2.28. The molecule has 0 spiro atoms. The average Bonchev–Trinajstić information content (AvgIpc) is 1.85. The van der Waals surface area contributed by atoms with E-state index in [0.29, 0.717) is 6.42 Å². The molecule has 1 nitrogen and oxygen atoms in total. The second kappa shape index (κ2) is 3.96. The monoisotopic (exact) mass is 177 g/mol. The summed E-state index contributed by atoms with van der Waals surface area (Å²) in [5, 5.41) is 8.53. The third-order valence-corrected chi connectivity index (χ3v) is 3.97. The number of hydrogen-bond acceptors (Lipinski definition) is 1. The van der Waals surface area contributed by atoms with Crippen LogP contribution in [0.2, 0.25) is 0 Å². The second-order valence-corrected chi connectivity index (χ2v) is 6.71. The third-order valence-electron chi connectivity index (χ3n) is 1.86. The fourth-order valence-electron chi connectivity index (χ4n) is 0.779. The number of hydrogen-bond donors (Lipinski definition) is 0. The first-order valence-corrected chi connectivity index (χ1v) is 6.10. The predicted molar refractivity (Wildman–Crippen MR) is 49.4 cm³/mol. The van der Waals surface area contributed by atoms with Crippen LogP contribution in [0.15, 0.2) is 0 Å². The Bertz CT molecular complexity index is 156. The largest absolute Gasteiger partial charge is 0.198 e. The Morgan fingerprint density at radius 1 is 1.45 bits per heavy atom. The Hall–Kier alpha value is -0.230. The molecule has 11 heavy (non-hydrogen) atoms. The van der Waals surface area contributed by atoms with Crippen molar-refractivity contribution in [1.82, 2.24) is 0 Å². The van der Waals surface area contributed by atoms with Gasteiger partial charge >= 0.3 is 0 Å². The van der Waals surface area contributed by atoms with Crippen LogP contribution in [0, 0.1) is 17.2 Å². The fourth-order valence-corrected chi connectivity index (χ4v) is 1.53. The SMILES string of the molecule is CC(C#N)CC(C)S(C)(C)F. The maximum absolute atomic E-state index is 13.3. The van der Waals surface area contributed by atoms with E-state index in [2.05, 4.69) is 6.07 Å². The van der Waals surface area contributed by atoms with E-state index in [1.165, 1.54) is 0 Å². The van der Waals surface area contributed by atoms with Crippen LogP contribution in [0.4, 0.5) is 3.89 Å². The van der Waals surface area contributed by atoms with Crippen LogP contribution in [0.3, 0.4) is 0 Å². The molecular formula is C8H16FNS. The van der Waals surface area contributed by atoms with Crippen molar-refractivity contribution < 1.29 is 3.89 Å². The Labute approximate surface area is 70.2 Å². The highest BCUT2D eigenvalue weighted by Crippen LogP contribution is 2.48. The van der Waals surface area contributed by atoms with Gasteiger partial charge in [0, 0.05) is 11.2 Å². The van der Waals surface area contributed by atoms with Crippen LogP contribution in [0.5, 0.6) is 0 Å². The van der Waals surface area contributed by atoms with Gasteiger partial charge in [-0.3, -0.25) is 0 Å². The van der Waals surface area contributed by atoms with E-state index < -0.39 is 10.4 Å². The Morgan fingerprint density at radius 3 is 2.18 bits per heavy atom. The Kier molecular flexibility index (Phi) is 3.88. The van der Waals surface area contributed by atoms with E-state index in [4.69, 9.17) is 5.26 Å². The smallest absolute Gasteiger partial charge is 0.0653 e. The number of rotatable bonds is 3. The van der Waals surface area contributed by atoms with Gasteiger partial charge in [0.05, 0.1) is 6.07 Å². The van der Waals surface area contributed by atoms with E-state index in [1.807, 2.05) is 13.8 Å². The molecule has 0 radical (unpaired) electrons. The summed E-state index contributed by atoms with van der Waals surface area (Å²) in [6.07, 6.45) is 3.96. The van der Waals surface area contributed by atoms with Crippen molar-refractivity contribution in [3.8, 4) is 6.07 Å². The highest BCUT2D eigenvalue weighted by molar-refractivity contribution is 8.28. The van der Waals surface area contributed by atoms with E-state index in [9.17, 15) is 3.89 Å². The van der Waals surface area contributed by atoms with Crippen LogP contribution in [-0.2, 0) is 0 Å². The summed E-state index contributed by atoms with van der Waals surface area (Å²) in [6, 6.07) is 2.11. The van der Waals surface area contributed by atoms with Crippen molar-refractivity contribution in [3.63, 3.8) is 0 Å². The molecule has 0 fully saturated rings. The Morgan fingerprint density at radius 2 is 1.91 bits per heavy atom. The lowest BCUT2D eigenvalue weighted by molar-refractivity contribution is 0.641. The van der Waals surface area contributed by atoms with Crippen molar-refractivity contribution in [2.45, 2.75) is 25.5 Å². The minimum absolute atomic E-state index is 0.0208. The zero-order valence-electron chi connectivity index (χ0n) is 7.60. The molecule has 0 amide bonds. The van der Waals surface area contributed by atoms with E-state index in [1.54, 1.807) is 12.5 Å². The second-order valence-electron chi connectivity index (χ2n) is 3.35. The molecule has 0 bridgehead atoms. The summed E-state index contributed by atoms with van der Waals surface area (Å²) >= 11 is 0. The van der Waals surface area contributed by atoms with Gasteiger partial charge in [-0.25, -0.2) is 0 Å². The van der Waals surface area contributed by atoms with Crippen molar-refractivity contribution in [3.05, 3.63) is 0 Å². The van der Waals surface area contributed by atoms with Crippen molar-refractivity contribution in [2.24, 2.45) is 5.92 Å². The first-order valence-electron chi connectivity index (χ1n) is 3.69. The van der Waals surface area contributed by atoms with Crippen LogP contribution < -0.4 is 0 Å². The lowest BCUT2D eigenvalue weighted by Crippen LogP contribution is -2.11. The predicted octanol–water partition coefficient (Wildman–Crippen LogP) is 2.87. The van der Waals surface area contributed by atoms with Crippen LogP contribution in [0.25, 0.3) is 0 Å². The summed E-state index contributed by atoms with van der Waals surface area (Å²) in [7, 11) is -1.96. The number of nitrogens with zero attached hydrogens (tertiary/aromatic N) is 1. The summed E-state index contributed by atoms with van der Waals surface area (Å²) in [5.41, 5.74) is 0. The van der Waals surface area contributed by atoms with E-state index >= 15 is 0 Å². The van der Waals surface area contributed by atoms with Gasteiger partial charge in [-0.15, -0.1) is 0 Å². The van der Waals surface area contributed by atoms with Gasteiger partial charge in [-0.05, 0) is 25.9 Å². The first kappa shape index (κ1) is 10.8. The minimum atomic E-state index is -1.96. The summed E-state index contributed by atoms with van der Waals surface area (Å²) < 4.78 is 13.3. The average molecular weight is 177 g/mol. The molecule has 0 aromatic rings. The first-order chi connectivity index (χ1) is 4.88. The van der Waals surface area contributed by atoms with Crippen LogP contribution in [-0.4, -0.2) is 17.8 Å². The third kappa shape index (κ3) is 4.26. The van der Waals surface area contributed by atoms with Gasteiger partial charge in [0.15, 0.2) is 0 Å². The molecule has 0 saturated heterocycles. The van der Waals surface area contributed by atoms with Gasteiger partial charge in [0.2, 0.25) is 0 Å². The Balaban J connectivity index is 3.90. The normalized spacial score (nSPS) is 18.5. The molecule has 0 N–H and O–H groups in total. The van der Waals surface area contributed by atoms with Crippen molar-refractivity contribution in [2.75, 3.05) is 12.5 Å². The summed E-state index contributed by atoms with van der Waals surface area (Å²) in [4.78, 5) is 0. The van der Waals surface area contributed by atoms with Gasteiger partial charge in [0.25, 0.3) is 0 Å². The highest BCUT2D eigenvalue weighted by Gasteiger charge is 2.21. The number of halogens is 1. The van der Waals surface area contributed by atoms with E-state index in [0.717, 1.165) is 0 Å². The lowest BCUT2D eigenvalue weighted by atomic mass is 10.1. The molecule has 2 unspecified atom stereocenters. The standard InChI is InChI=1S/C8H16FNS/c1-7(6-10)5-8(2)11(3,4)9/h7-8H,5H2,1-4H3. The molecule has 0 aliphatic carbocycles. The van der Waals surface area contributed by atoms with Gasteiger partial charge in [-0.1, -0.05) is 17.3 Å². The molecule has 0 aromatic heterocycles. The molecular weight excluding hydrogens is 161 g/mol. The van der Waals surface area contributed by atoms with Crippen LogP contribution >= 0.6 is 10.4 Å². The molecule has 0 aliphatic heterocycles. The maximum atomic E-state index is 13.3. The minimum Gasteiger partial charge on any atom is -0.198 e. The topological polar surface area (TPSA) is 23.8 Å². The molecule has 66 valence electrons. The molecule has 0 aromatic carbocycles. The van der Waals surface area contributed by atoms with Gasteiger partial charge in [-0.2, -0.15) is 9.15 Å².